The Morgan fingerprint density at radius 2 is 1.85 bits per heavy atom. The fourth-order valence-electron chi connectivity index (χ4n) is 2.27. The van der Waals surface area contributed by atoms with Crippen molar-refractivity contribution in [1.29, 1.82) is 0 Å². The molecule has 2 aromatic rings. The number of halogens is 1. The van der Waals surface area contributed by atoms with E-state index in [9.17, 15) is 9.59 Å². The van der Waals surface area contributed by atoms with Gasteiger partial charge < -0.3 is 14.8 Å². The quantitative estimate of drug-likeness (QED) is 0.768. The molecule has 6 heteroatoms. The van der Waals surface area contributed by atoms with Crippen LogP contribution in [0.5, 0.6) is 5.75 Å². The van der Waals surface area contributed by atoms with Crippen molar-refractivity contribution in [3.8, 4) is 5.75 Å². The van der Waals surface area contributed by atoms with E-state index in [0.29, 0.717) is 16.5 Å². The minimum atomic E-state index is -0.955. The van der Waals surface area contributed by atoms with Crippen molar-refractivity contribution in [3.63, 3.8) is 0 Å². The van der Waals surface area contributed by atoms with Crippen molar-refractivity contribution in [3.05, 3.63) is 58.1 Å². The zero-order chi connectivity index (χ0) is 19.3. The third-order valence-electron chi connectivity index (χ3n) is 4.04. The molecule has 0 unspecified atom stereocenters. The molecule has 0 aromatic heterocycles. The summed E-state index contributed by atoms with van der Waals surface area (Å²) in [5.41, 5.74) is 3.47. The van der Waals surface area contributed by atoms with E-state index >= 15 is 0 Å². The van der Waals surface area contributed by atoms with Gasteiger partial charge in [0.2, 0.25) is 0 Å². The highest BCUT2D eigenvalue weighted by Crippen LogP contribution is 2.21. The standard InChI is InChI=1S/C20H22ClNO4/c1-12-6-5-7-18(14(12)3)25-11-19(23)26-15(4)20(24)22-17-10-16(21)9-8-13(17)2/h5-10,15H,11H2,1-4H3,(H,22,24)/t15-/m0/s1. The van der Waals surface area contributed by atoms with Crippen LogP contribution in [0, 0.1) is 20.8 Å². The number of carbonyl (C=O) groups is 2. The largest absolute Gasteiger partial charge is 0.482 e. The van der Waals surface area contributed by atoms with Crippen LogP contribution in [0.4, 0.5) is 5.69 Å². The van der Waals surface area contributed by atoms with E-state index in [0.717, 1.165) is 16.7 Å². The van der Waals surface area contributed by atoms with Crippen LogP contribution in [-0.2, 0) is 14.3 Å². The lowest BCUT2D eigenvalue weighted by Gasteiger charge is -2.15. The van der Waals surface area contributed by atoms with Gasteiger partial charge in [0, 0.05) is 10.7 Å². The average molecular weight is 376 g/mol. The summed E-state index contributed by atoms with van der Waals surface area (Å²) >= 11 is 5.93. The monoisotopic (exact) mass is 375 g/mol. The molecule has 1 amide bonds. The van der Waals surface area contributed by atoms with E-state index in [1.807, 2.05) is 32.9 Å². The maximum atomic E-state index is 12.2. The summed E-state index contributed by atoms with van der Waals surface area (Å²) in [6.45, 7) is 6.97. The minimum Gasteiger partial charge on any atom is -0.482 e. The van der Waals surface area contributed by atoms with E-state index in [-0.39, 0.29) is 6.61 Å². The molecule has 0 aliphatic rings. The number of nitrogens with one attached hydrogen (secondary N) is 1. The van der Waals surface area contributed by atoms with Crippen molar-refractivity contribution < 1.29 is 19.1 Å². The predicted molar refractivity (Wildman–Crippen MR) is 102 cm³/mol. The molecular weight excluding hydrogens is 354 g/mol. The molecule has 0 aliphatic carbocycles. The molecule has 2 aromatic carbocycles. The molecule has 1 N–H and O–H groups in total. The third-order valence-corrected chi connectivity index (χ3v) is 4.27. The van der Waals surface area contributed by atoms with Gasteiger partial charge in [-0.1, -0.05) is 29.8 Å². The zero-order valence-electron chi connectivity index (χ0n) is 15.3. The first-order valence-corrected chi connectivity index (χ1v) is 8.61. The molecular formula is C20H22ClNO4. The Labute approximate surface area is 158 Å². The number of ether oxygens (including phenoxy) is 2. The Hall–Kier alpha value is -2.53. The highest BCUT2D eigenvalue weighted by Gasteiger charge is 2.19. The molecule has 5 nitrogen and oxygen atoms in total. The second kappa shape index (κ2) is 8.72. The molecule has 26 heavy (non-hydrogen) atoms. The highest BCUT2D eigenvalue weighted by atomic mass is 35.5. The third kappa shape index (κ3) is 5.23. The highest BCUT2D eigenvalue weighted by molar-refractivity contribution is 6.31. The molecule has 0 aliphatic heterocycles. The van der Waals surface area contributed by atoms with Crippen molar-refractivity contribution in [2.24, 2.45) is 0 Å². The summed E-state index contributed by atoms with van der Waals surface area (Å²) < 4.78 is 10.6. The van der Waals surface area contributed by atoms with Crippen LogP contribution in [0.2, 0.25) is 5.02 Å². The van der Waals surface area contributed by atoms with Gasteiger partial charge in [0.15, 0.2) is 12.7 Å². The Morgan fingerprint density at radius 1 is 1.12 bits per heavy atom. The van der Waals surface area contributed by atoms with E-state index < -0.39 is 18.0 Å². The number of hydrogen-bond acceptors (Lipinski definition) is 4. The number of benzene rings is 2. The summed E-state index contributed by atoms with van der Waals surface area (Å²) in [5.74, 6) is -0.430. The molecule has 0 fully saturated rings. The van der Waals surface area contributed by atoms with Gasteiger partial charge in [-0.15, -0.1) is 0 Å². The number of esters is 1. The van der Waals surface area contributed by atoms with Crippen LogP contribution in [0.1, 0.15) is 23.6 Å². The molecule has 0 spiro atoms. The molecule has 0 radical (unpaired) electrons. The van der Waals surface area contributed by atoms with Gasteiger partial charge >= 0.3 is 5.97 Å². The molecule has 0 bridgehead atoms. The summed E-state index contributed by atoms with van der Waals surface area (Å²) in [6.07, 6.45) is -0.955. The number of anilines is 1. The van der Waals surface area contributed by atoms with Crippen LogP contribution in [-0.4, -0.2) is 24.6 Å². The lowest BCUT2D eigenvalue weighted by atomic mass is 10.1. The molecule has 2 rings (SSSR count). The lowest BCUT2D eigenvalue weighted by molar-refractivity contribution is -0.155. The fraction of sp³-hybridized carbons (Fsp3) is 0.300. The Kier molecular flexibility index (Phi) is 6.64. The lowest BCUT2D eigenvalue weighted by Crippen LogP contribution is -2.31. The summed E-state index contributed by atoms with van der Waals surface area (Å²) in [5, 5.41) is 3.22. The topological polar surface area (TPSA) is 64.6 Å². The van der Waals surface area contributed by atoms with Crippen molar-refractivity contribution >= 4 is 29.2 Å². The second-order valence-electron chi connectivity index (χ2n) is 6.07. The van der Waals surface area contributed by atoms with Gasteiger partial charge in [-0.05, 0) is 62.6 Å². The summed E-state index contributed by atoms with van der Waals surface area (Å²) in [6, 6.07) is 10.8. The number of hydrogen-bond donors (Lipinski definition) is 1. The predicted octanol–water partition coefficient (Wildman–Crippen LogP) is 4.21. The normalized spacial score (nSPS) is 11.6. The Balaban J connectivity index is 1.89. The smallest absolute Gasteiger partial charge is 0.344 e. The van der Waals surface area contributed by atoms with Crippen LogP contribution in [0.25, 0.3) is 0 Å². The Morgan fingerprint density at radius 3 is 2.58 bits per heavy atom. The molecule has 138 valence electrons. The van der Waals surface area contributed by atoms with Crippen LogP contribution >= 0.6 is 11.6 Å². The van der Waals surface area contributed by atoms with E-state index in [1.165, 1.54) is 6.92 Å². The van der Waals surface area contributed by atoms with E-state index in [4.69, 9.17) is 21.1 Å². The fourth-order valence-corrected chi connectivity index (χ4v) is 2.44. The number of rotatable bonds is 6. The van der Waals surface area contributed by atoms with Gasteiger partial charge in [0.1, 0.15) is 5.75 Å². The number of amides is 1. The number of carbonyl (C=O) groups excluding carboxylic acids is 2. The molecule has 0 saturated carbocycles. The van der Waals surface area contributed by atoms with Gasteiger partial charge in [0.05, 0.1) is 0 Å². The van der Waals surface area contributed by atoms with Crippen LogP contribution < -0.4 is 10.1 Å². The van der Waals surface area contributed by atoms with Crippen molar-refractivity contribution in [2.45, 2.75) is 33.8 Å². The van der Waals surface area contributed by atoms with E-state index in [2.05, 4.69) is 5.32 Å². The maximum Gasteiger partial charge on any atom is 0.344 e. The minimum absolute atomic E-state index is 0.266. The van der Waals surface area contributed by atoms with Gasteiger partial charge in [-0.2, -0.15) is 0 Å². The molecule has 0 saturated heterocycles. The van der Waals surface area contributed by atoms with E-state index in [1.54, 1.807) is 24.3 Å². The van der Waals surface area contributed by atoms with Crippen molar-refractivity contribution in [2.75, 3.05) is 11.9 Å². The summed E-state index contributed by atoms with van der Waals surface area (Å²) in [4.78, 5) is 24.2. The number of aryl methyl sites for hydroxylation is 2. The van der Waals surface area contributed by atoms with Crippen LogP contribution in [0.15, 0.2) is 36.4 Å². The van der Waals surface area contributed by atoms with Crippen LogP contribution in [0.3, 0.4) is 0 Å². The van der Waals surface area contributed by atoms with Gasteiger partial charge in [-0.3, -0.25) is 4.79 Å². The first-order valence-electron chi connectivity index (χ1n) is 8.23. The average Bonchev–Trinajstić information content (AvgIpc) is 2.59. The SMILES string of the molecule is Cc1ccc(Cl)cc1NC(=O)[C@H](C)OC(=O)COc1cccc(C)c1C. The molecule has 1 atom stereocenters. The summed E-state index contributed by atoms with van der Waals surface area (Å²) in [7, 11) is 0. The first-order chi connectivity index (χ1) is 12.3. The first kappa shape index (κ1) is 19.8. The molecule has 0 heterocycles. The maximum absolute atomic E-state index is 12.2. The van der Waals surface area contributed by atoms with Crippen molar-refractivity contribution in [1.82, 2.24) is 0 Å². The van der Waals surface area contributed by atoms with Gasteiger partial charge in [-0.25, -0.2) is 4.79 Å². The zero-order valence-corrected chi connectivity index (χ0v) is 16.0. The Bertz CT molecular complexity index is 819. The second-order valence-corrected chi connectivity index (χ2v) is 6.50. The van der Waals surface area contributed by atoms with Gasteiger partial charge in [0.25, 0.3) is 5.91 Å².